The van der Waals surface area contributed by atoms with E-state index in [1.165, 1.54) is 16.2 Å². The molecule has 0 radical (unpaired) electrons. The van der Waals surface area contributed by atoms with Gasteiger partial charge >= 0.3 is 0 Å². The summed E-state index contributed by atoms with van der Waals surface area (Å²) in [5, 5.41) is -0.232. The van der Waals surface area contributed by atoms with Crippen LogP contribution in [0, 0.1) is 0 Å². The van der Waals surface area contributed by atoms with E-state index in [2.05, 4.69) is 0 Å². The van der Waals surface area contributed by atoms with Gasteiger partial charge in [0.2, 0.25) is 5.91 Å². The van der Waals surface area contributed by atoms with Gasteiger partial charge in [-0.2, -0.15) is 0 Å². The molecule has 0 atom stereocenters. The van der Waals surface area contributed by atoms with Crippen molar-refractivity contribution >= 4 is 40.2 Å². The van der Waals surface area contributed by atoms with Crippen LogP contribution in [0.2, 0.25) is 0 Å². The van der Waals surface area contributed by atoms with Crippen molar-refractivity contribution in [3.05, 3.63) is 21.9 Å². The van der Waals surface area contributed by atoms with Gasteiger partial charge in [0.15, 0.2) is 0 Å². The number of amides is 3. The fourth-order valence-electron chi connectivity index (χ4n) is 1.50. The van der Waals surface area contributed by atoms with E-state index in [1.807, 2.05) is 5.43 Å². The summed E-state index contributed by atoms with van der Waals surface area (Å²) in [6, 6.07) is 3.34. The summed E-state index contributed by atoms with van der Waals surface area (Å²) in [6.07, 6.45) is 0.373. The molecule has 18 heavy (non-hydrogen) atoms. The van der Waals surface area contributed by atoms with E-state index in [1.54, 1.807) is 12.1 Å². The van der Waals surface area contributed by atoms with E-state index in [0.717, 1.165) is 16.6 Å². The number of thioether (sulfide) groups is 1. The Kier molecular flexibility index (Phi) is 4.00. The van der Waals surface area contributed by atoms with Gasteiger partial charge in [-0.25, -0.2) is 5.84 Å². The zero-order chi connectivity index (χ0) is 13.1. The van der Waals surface area contributed by atoms with E-state index in [9.17, 15) is 14.4 Å². The van der Waals surface area contributed by atoms with Crippen LogP contribution in [0.15, 0.2) is 12.1 Å². The lowest BCUT2D eigenvalue weighted by molar-refractivity contribution is -0.128. The molecule has 8 heteroatoms. The van der Waals surface area contributed by atoms with Gasteiger partial charge in [0.05, 0.1) is 11.4 Å². The highest BCUT2D eigenvalue weighted by molar-refractivity contribution is 8.13. The number of nitrogen functional groups attached to an aromatic ring is 1. The van der Waals surface area contributed by atoms with E-state index in [0.29, 0.717) is 17.1 Å². The Labute approximate surface area is 111 Å². The average Bonchev–Trinajstić information content (AvgIpc) is 2.81. The van der Waals surface area contributed by atoms with Crippen molar-refractivity contribution in [1.82, 2.24) is 10.3 Å². The molecule has 0 bridgehead atoms. The summed E-state index contributed by atoms with van der Waals surface area (Å²) >= 11 is 2.35. The molecule has 1 aliphatic heterocycles. The molecule has 1 fully saturated rings. The van der Waals surface area contributed by atoms with Crippen LogP contribution in [0.1, 0.15) is 21.0 Å². The third-order valence-electron chi connectivity index (χ3n) is 2.39. The molecule has 96 valence electrons. The molecule has 1 saturated heterocycles. The van der Waals surface area contributed by atoms with Crippen LogP contribution < -0.4 is 11.3 Å². The van der Waals surface area contributed by atoms with Crippen LogP contribution in [0.3, 0.4) is 0 Å². The van der Waals surface area contributed by atoms with Crippen LogP contribution in [-0.4, -0.2) is 27.7 Å². The maximum absolute atomic E-state index is 11.6. The van der Waals surface area contributed by atoms with Crippen LogP contribution >= 0.6 is 23.1 Å². The van der Waals surface area contributed by atoms with E-state index in [-0.39, 0.29) is 23.6 Å². The number of nitrogens with one attached hydrogen (secondary N) is 1. The fourth-order valence-corrected chi connectivity index (χ4v) is 3.18. The van der Waals surface area contributed by atoms with Crippen LogP contribution in [0.4, 0.5) is 4.79 Å². The standard InChI is InChI=1S/C10H11N3O3S2/c11-12-9(15)7-2-1-6(18-7)5-13-8(14)3-4-17-10(13)16/h1-2H,3-5,11H2,(H,12,15). The number of carbonyl (C=O) groups is 3. The van der Waals surface area contributed by atoms with Gasteiger partial charge in [0.25, 0.3) is 11.1 Å². The number of nitrogens with zero attached hydrogens (tertiary/aromatic N) is 1. The topological polar surface area (TPSA) is 92.5 Å². The Morgan fingerprint density at radius 1 is 1.44 bits per heavy atom. The first kappa shape index (κ1) is 13.1. The number of imide groups is 1. The summed E-state index contributed by atoms with van der Waals surface area (Å²) in [6.45, 7) is 0.215. The minimum Gasteiger partial charge on any atom is -0.289 e. The molecule has 0 saturated carbocycles. The number of thiophene rings is 1. The second kappa shape index (κ2) is 5.51. The van der Waals surface area contributed by atoms with Crippen molar-refractivity contribution in [2.45, 2.75) is 13.0 Å². The minimum absolute atomic E-state index is 0.169. The van der Waals surface area contributed by atoms with Crippen LogP contribution in [0.5, 0.6) is 0 Å². The van der Waals surface area contributed by atoms with Crippen LogP contribution in [-0.2, 0) is 11.3 Å². The zero-order valence-electron chi connectivity index (χ0n) is 9.34. The Bertz CT molecular complexity index is 484. The third-order valence-corrected chi connectivity index (χ3v) is 4.34. The molecule has 0 spiro atoms. The van der Waals surface area contributed by atoms with Crippen molar-refractivity contribution in [2.24, 2.45) is 5.84 Å². The lowest BCUT2D eigenvalue weighted by Crippen LogP contribution is -2.37. The Balaban J connectivity index is 2.09. The van der Waals surface area contributed by atoms with Crippen molar-refractivity contribution in [1.29, 1.82) is 0 Å². The normalized spacial score (nSPS) is 15.9. The molecule has 0 aliphatic carbocycles. The number of carbonyl (C=O) groups excluding carboxylic acids is 3. The third kappa shape index (κ3) is 2.71. The predicted octanol–water partition coefficient (Wildman–Crippen LogP) is 0.937. The molecule has 0 aromatic carbocycles. The average molecular weight is 285 g/mol. The molecule has 6 nitrogen and oxygen atoms in total. The SMILES string of the molecule is NNC(=O)c1ccc(CN2C(=O)CCSC2=O)s1. The number of hydrogen-bond donors (Lipinski definition) is 2. The summed E-state index contributed by atoms with van der Waals surface area (Å²) in [5.74, 6) is 5.02. The largest absolute Gasteiger partial charge is 0.289 e. The van der Waals surface area contributed by atoms with E-state index < -0.39 is 0 Å². The van der Waals surface area contributed by atoms with Gasteiger partial charge < -0.3 is 0 Å². The van der Waals surface area contributed by atoms with Crippen LogP contribution in [0.25, 0.3) is 0 Å². The first-order chi connectivity index (χ1) is 8.61. The fraction of sp³-hybridized carbons (Fsp3) is 0.300. The molecular formula is C10H11N3O3S2. The monoisotopic (exact) mass is 285 g/mol. The molecule has 3 N–H and O–H groups in total. The number of hydrogen-bond acceptors (Lipinski definition) is 6. The highest BCUT2D eigenvalue weighted by atomic mass is 32.2. The lowest BCUT2D eigenvalue weighted by atomic mass is 10.3. The zero-order valence-corrected chi connectivity index (χ0v) is 11.0. The summed E-state index contributed by atoms with van der Waals surface area (Å²) in [5.41, 5.74) is 2.04. The summed E-state index contributed by atoms with van der Waals surface area (Å²) < 4.78 is 0. The molecular weight excluding hydrogens is 274 g/mol. The van der Waals surface area contributed by atoms with Gasteiger partial charge in [-0.1, -0.05) is 11.8 Å². The van der Waals surface area contributed by atoms with Gasteiger partial charge in [0.1, 0.15) is 0 Å². The Morgan fingerprint density at radius 3 is 2.89 bits per heavy atom. The molecule has 1 aromatic heterocycles. The molecule has 3 amide bonds. The molecule has 2 heterocycles. The van der Waals surface area contributed by atoms with E-state index >= 15 is 0 Å². The van der Waals surface area contributed by atoms with Crippen molar-refractivity contribution in [3.63, 3.8) is 0 Å². The number of hydrazine groups is 1. The first-order valence-corrected chi connectivity index (χ1v) is 6.99. The van der Waals surface area contributed by atoms with Gasteiger partial charge in [-0.05, 0) is 12.1 Å². The molecule has 1 aliphatic rings. The molecule has 2 rings (SSSR count). The summed E-state index contributed by atoms with van der Waals surface area (Å²) in [7, 11) is 0. The maximum Gasteiger partial charge on any atom is 0.288 e. The maximum atomic E-state index is 11.6. The van der Waals surface area contributed by atoms with Crippen molar-refractivity contribution in [2.75, 3.05) is 5.75 Å². The highest BCUT2D eigenvalue weighted by Gasteiger charge is 2.27. The first-order valence-electron chi connectivity index (χ1n) is 5.18. The Hall–Kier alpha value is -1.38. The lowest BCUT2D eigenvalue weighted by Gasteiger charge is -2.23. The van der Waals surface area contributed by atoms with Gasteiger partial charge in [-0.15, -0.1) is 11.3 Å². The minimum atomic E-state index is -0.378. The second-order valence-electron chi connectivity index (χ2n) is 3.58. The van der Waals surface area contributed by atoms with Gasteiger partial charge in [0, 0.05) is 17.1 Å². The number of rotatable bonds is 3. The van der Waals surface area contributed by atoms with E-state index in [4.69, 9.17) is 5.84 Å². The van der Waals surface area contributed by atoms with Crippen molar-refractivity contribution < 1.29 is 14.4 Å². The summed E-state index contributed by atoms with van der Waals surface area (Å²) in [4.78, 5) is 36.9. The smallest absolute Gasteiger partial charge is 0.288 e. The quantitative estimate of drug-likeness (QED) is 0.490. The predicted molar refractivity (Wildman–Crippen MR) is 69.0 cm³/mol. The van der Waals surface area contributed by atoms with Crippen molar-refractivity contribution in [3.8, 4) is 0 Å². The number of nitrogens with two attached hydrogens (primary N) is 1. The Morgan fingerprint density at radius 2 is 2.22 bits per heavy atom. The molecule has 0 unspecified atom stereocenters. The van der Waals surface area contributed by atoms with Gasteiger partial charge in [-0.3, -0.25) is 24.7 Å². The highest BCUT2D eigenvalue weighted by Crippen LogP contribution is 2.24. The second-order valence-corrected chi connectivity index (χ2v) is 5.80. The molecule has 1 aromatic rings.